The number of likely N-dealkylation sites (N-methyl/N-ethyl adjacent to an activating group) is 1. The molecule has 0 amide bonds. The summed E-state index contributed by atoms with van der Waals surface area (Å²) >= 11 is 0. The fourth-order valence-corrected chi connectivity index (χ4v) is 1.58. The Balaban J connectivity index is 3.84. The van der Waals surface area contributed by atoms with Gasteiger partial charge in [0.1, 0.15) is 0 Å². The molecule has 0 aliphatic rings. The van der Waals surface area contributed by atoms with E-state index < -0.39 is 0 Å². The number of hydrogen-bond acceptors (Lipinski definition) is 2. The van der Waals surface area contributed by atoms with Gasteiger partial charge in [-0.1, -0.05) is 27.7 Å². The summed E-state index contributed by atoms with van der Waals surface area (Å²) in [6.07, 6.45) is 1.20. The maximum atomic E-state index is 3.56. The molecular weight excluding hydrogens is 184 g/mol. The molecule has 0 aromatic carbocycles. The molecule has 92 valence electrons. The molecule has 0 aliphatic carbocycles. The summed E-state index contributed by atoms with van der Waals surface area (Å²) in [5, 5.41) is 3.56. The van der Waals surface area contributed by atoms with Crippen LogP contribution < -0.4 is 5.32 Å². The summed E-state index contributed by atoms with van der Waals surface area (Å²) in [6, 6.07) is 1.24. The first kappa shape index (κ1) is 14.9. The molecule has 0 aromatic rings. The molecule has 15 heavy (non-hydrogen) atoms. The van der Waals surface area contributed by atoms with E-state index in [0.717, 1.165) is 13.1 Å². The normalized spacial score (nSPS) is 16.8. The first-order chi connectivity index (χ1) is 6.76. The van der Waals surface area contributed by atoms with Crippen molar-refractivity contribution in [2.75, 3.05) is 20.1 Å². The van der Waals surface area contributed by atoms with Crippen molar-refractivity contribution in [2.24, 2.45) is 5.41 Å². The van der Waals surface area contributed by atoms with Crippen LogP contribution in [0.2, 0.25) is 0 Å². The molecule has 2 nitrogen and oxygen atoms in total. The zero-order valence-electron chi connectivity index (χ0n) is 11.7. The van der Waals surface area contributed by atoms with Gasteiger partial charge in [0.25, 0.3) is 0 Å². The second kappa shape index (κ2) is 6.49. The topological polar surface area (TPSA) is 15.3 Å². The van der Waals surface area contributed by atoms with E-state index in [4.69, 9.17) is 0 Å². The van der Waals surface area contributed by atoms with Gasteiger partial charge in [-0.15, -0.1) is 0 Å². The van der Waals surface area contributed by atoms with E-state index in [1.165, 1.54) is 6.42 Å². The molecule has 1 N–H and O–H groups in total. The second-order valence-electron chi connectivity index (χ2n) is 6.04. The smallest absolute Gasteiger partial charge is 0.0189 e. The lowest BCUT2D eigenvalue weighted by atomic mass is 9.95. The highest BCUT2D eigenvalue weighted by atomic mass is 15.1. The highest BCUT2D eigenvalue weighted by Crippen LogP contribution is 2.15. The van der Waals surface area contributed by atoms with Crippen LogP contribution in [0.1, 0.15) is 48.0 Å². The molecule has 0 saturated carbocycles. The lowest BCUT2D eigenvalue weighted by molar-refractivity contribution is 0.176. The van der Waals surface area contributed by atoms with Crippen molar-refractivity contribution < 1.29 is 0 Å². The van der Waals surface area contributed by atoms with Crippen LogP contribution in [0.4, 0.5) is 0 Å². The SMILES string of the molecule is CCC(C)NCC(C)N(C)CC(C)(C)C. The van der Waals surface area contributed by atoms with E-state index in [0.29, 0.717) is 17.5 Å². The van der Waals surface area contributed by atoms with Crippen molar-refractivity contribution in [2.45, 2.75) is 60.0 Å². The van der Waals surface area contributed by atoms with E-state index in [2.05, 4.69) is 58.8 Å². The van der Waals surface area contributed by atoms with Crippen molar-refractivity contribution in [3.05, 3.63) is 0 Å². The quantitative estimate of drug-likeness (QED) is 0.731. The monoisotopic (exact) mass is 214 g/mol. The second-order valence-corrected chi connectivity index (χ2v) is 6.04. The fourth-order valence-electron chi connectivity index (χ4n) is 1.58. The van der Waals surface area contributed by atoms with Crippen molar-refractivity contribution in [3.8, 4) is 0 Å². The first-order valence-electron chi connectivity index (χ1n) is 6.20. The zero-order chi connectivity index (χ0) is 12.1. The van der Waals surface area contributed by atoms with Gasteiger partial charge < -0.3 is 10.2 Å². The van der Waals surface area contributed by atoms with E-state index >= 15 is 0 Å². The Hall–Kier alpha value is -0.0800. The Labute approximate surface area is 96.4 Å². The molecule has 0 spiro atoms. The molecular formula is C13H30N2. The molecule has 0 bridgehead atoms. The number of nitrogens with zero attached hydrogens (tertiary/aromatic N) is 1. The van der Waals surface area contributed by atoms with Crippen LogP contribution in [-0.4, -0.2) is 37.1 Å². The third-order valence-electron chi connectivity index (χ3n) is 2.85. The summed E-state index contributed by atoms with van der Waals surface area (Å²) in [4.78, 5) is 2.44. The summed E-state index contributed by atoms with van der Waals surface area (Å²) in [5.41, 5.74) is 0.388. The van der Waals surface area contributed by atoms with Crippen LogP contribution in [0.15, 0.2) is 0 Å². The Morgan fingerprint density at radius 1 is 1.20 bits per heavy atom. The van der Waals surface area contributed by atoms with Gasteiger partial charge in [-0.3, -0.25) is 0 Å². The van der Waals surface area contributed by atoms with Crippen LogP contribution in [0.25, 0.3) is 0 Å². The largest absolute Gasteiger partial charge is 0.313 e. The van der Waals surface area contributed by atoms with Gasteiger partial charge in [0, 0.05) is 25.2 Å². The van der Waals surface area contributed by atoms with Crippen LogP contribution in [-0.2, 0) is 0 Å². The number of rotatable bonds is 6. The Morgan fingerprint density at radius 2 is 1.73 bits per heavy atom. The highest BCUT2D eigenvalue weighted by Gasteiger charge is 2.17. The van der Waals surface area contributed by atoms with Gasteiger partial charge in [0.15, 0.2) is 0 Å². The number of nitrogens with one attached hydrogen (secondary N) is 1. The predicted octanol–water partition coefficient (Wildman–Crippen LogP) is 2.74. The first-order valence-corrected chi connectivity index (χ1v) is 6.20. The van der Waals surface area contributed by atoms with Gasteiger partial charge in [0.05, 0.1) is 0 Å². The van der Waals surface area contributed by atoms with Gasteiger partial charge in [0.2, 0.25) is 0 Å². The molecule has 0 saturated heterocycles. The average molecular weight is 214 g/mol. The fraction of sp³-hybridized carbons (Fsp3) is 1.00. The van der Waals surface area contributed by atoms with Crippen LogP contribution in [0.5, 0.6) is 0 Å². The van der Waals surface area contributed by atoms with Crippen LogP contribution in [0, 0.1) is 5.41 Å². The minimum absolute atomic E-state index is 0.388. The molecule has 0 radical (unpaired) electrons. The Kier molecular flexibility index (Phi) is 6.46. The van der Waals surface area contributed by atoms with Crippen molar-refractivity contribution >= 4 is 0 Å². The Morgan fingerprint density at radius 3 is 2.13 bits per heavy atom. The van der Waals surface area contributed by atoms with E-state index in [1.807, 2.05) is 0 Å². The minimum Gasteiger partial charge on any atom is -0.313 e. The van der Waals surface area contributed by atoms with E-state index in [9.17, 15) is 0 Å². The van der Waals surface area contributed by atoms with Gasteiger partial charge in [-0.25, -0.2) is 0 Å². The molecule has 0 fully saturated rings. The zero-order valence-corrected chi connectivity index (χ0v) is 11.7. The Bertz CT molecular complexity index is 160. The lowest BCUT2D eigenvalue weighted by Crippen LogP contribution is -2.43. The van der Waals surface area contributed by atoms with Crippen LogP contribution in [0.3, 0.4) is 0 Å². The summed E-state index contributed by atoms with van der Waals surface area (Å²) < 4.78 is 0. The molecule has 2 unspecified atom stereocenters. The summed E-state index contributed by atoms with van der Waals surface area (Å²) in [7, 11) is 2.22. The van der Waals surface area contributed by atoms with E-state index in [-0.39, 0.29) is 0 Å². The van der Waals surface area contributed by atoms with Crippen molar-refractivity contribution in [1.29, 1.82) is 0 Å². The molecule has 0 aliphatic heterocycles. The summed E-state index contributed by atoms with van der Waals surface area (Å²) in [6.45, 7) is 15.9. The molecule has 2 atom stereocenters. The van der Waals surface area contributed by atoms with Crippen LogP contribution >= 0.6 is 0 Å². The maximum Gasteiger partial charge on any atom is 0.0189 e. The third kappa shape index (κ3) is 7.80. The average Bonchev–Trinajstić information content (AvgIpc) is 2.10. The minimum atomic E-state index is 0.388. The molecule has 2 heteroatoms. The van der Waals surface area contributed by atoms with Crippen molar-refractivity contribution in [3.63, 3.8) is 0 Å². The van der Waals surface area contributed by atoms with Gasteiger partial charge >= 0.3 is 0 Å². The molecule has 0 aromatic heterocycles. The highest BCUT2D eigenvalue weighted by molar-refractivity contribution is 4.73. The third-order valence-corrected chi connectivity index (χ3v) is 2.85. The maximum absolute atomic E-state index is 3.56. The predicted molar refractivity (Wildman–Crippen MR) is 69.3 cm³/mol. The number of hydrogen-bond donors (Lipinski definition) is 1. The lowest BCUT2D eigenvalue weighted by Gasteiger charge is -2.32. The summed E-state index contributed by atoms with van der Waals surface area (Å²) in [5.74, 6) is 0. The molecule has 0 heterocycles. The van der Waals surface area contributed by atoms with Gasteiger partial charge in [-0.2, -0.15) is 0 Å². The van der Waals surface area contributed by atoms with Crippen molar-refractivity contribution in [1.82, 2.24) is 10.2 Å². The van der Waals surface area contributed by atoms with E-state index in [1.54, 1.807) is 0 Å². The standard InChI is InChI=1S/C13H30N2/c1-8-11(2)14-9-12(3)15(7)10-13(4,5)6/h11-12,14H,8-10H2,1-7H3. The molecule has 0 rings (SSSR count). The van der Waals surface area contributed by atoms with Gasteiger partial charge in [-0.05, 0) is 32.7 Å².